The van der Waals surface area contributed by atoms with Crippen molar-refractivity contribution in [3.63, 3.8) is 0 Å². The zero-order chi connectivity index (χ0) is 15.2. The number of benzene rings is 1. The first-order valence-corrected chi connectivity index (χ1v) is 6.96. The molecule has 1 unspecified atom stereocenters. The van der Waals surface area contributed by atoms with Gasteiger partial charge in [-0.25, -0.2) is 0 Å². The minimum atomic E-state index is -0.608. The molecule has 0 aliphatic carbocycles. The van der Waals surface area contributed by atoms with Crippen molar-refractivity contribution >= 4 is 0 Å². The third-order valence-electron chi connectivity index (χ3n) is 3.36. The van der Waals surface area contributed by atoms with Gasteiger partial charge < -0.3 is 14.6 Å². The Morgan fingerprint density at radius 3 is 2.57 bits per heavy atom. The van der Waals surface area contributed by atoms with E-state index in [1.54, 1.807) is 13.3 Å². The highest BCUT2D eigenvalue weighted by molar-refractivity contribution is 5.41. The van der Waals surface area contributed by atoms with Crippen molar-refractivity contribution in [2.75, 3.05) is 13.7 Å². The summed E-state index contributed by atoms with van der Waals surface area (Å²) in [5.74, 6) is 1.58. The first-order valence-electron chi connectivity index (χ1n) is 6.96. The summed E-state index contributed by atoms with van der Waals surface area (Å²) in [5, 5.41) is 10.1. The predicted octanol–water partition coefficient (Wildman–Crippen LogP) is 2.69. The molecule has 1 heterocycles. The molecule has 1 atom stereocenters. The third kappa shape index (κ3) is 3.95. The Morgan fingerprint density at radius 2 is 1.90 bits per heavy atom. The molecule has 0 saturated heterocycles. The highest BCUT2D eigenvalue weighted by Gasteiger charge is 2.14. The number of aromatic nitrogens is 1. The van der Waals surface area contributed by atoms with E-state index in [1.807, 2.05) is 44.2 Å². The van der Waals surface area contributed by atoms with E-state index in [-0.39, 0.29) is 6.61 Å². The lowest BCUT2D eigenvalue weighted by atomic mass is 10.1. The number of hydrogen-bond acceptors (Lipinski definition) is 4. The van der Waals surface area contributed by atoms with Gasteiger partial charge in [-0.15, -0.1) is 0 Å². The van der Waals surface area contributed by atoms with Crippen LogP contribution < -0.4 is 9.47 Å². The van der Waals surface area contributed by atoms with Gasteiger partial charge in [0.1, 0.15) is 18.1 Å². The molecular weight excluding hydrogens is 266 g/mol. The summed E-state index contributed by atoms with van der Waals surface area (Å²) in [6, 6.07) is 9.46. The van der Waals surface area contributed by atoms with E-state index < -0.39 is 6.10 Å². The summed E-state index contributed by atoms with van der Waals surface area (Å²) in [6.45, 7) is 4.15. The zero-order valence-corrected chi connectivity index (χ0v) is 12.7. The second-order valence-corrected chi connectivity index (χ2v) is 5.03. The molecule has 4 heteroatoms. The number of nitrogens with zero attached hydrogens (tertiary/aromatic N) is 1. The van der Waals surface area contributed by atoms with Gasteiger partial charge in [0.2, 0.25) is 0 Å². The van der Waals surface area contributed by atoms with Gasteiger partial charge in [-0.1, -0.05) is 18.2 Å². The predicted molar refractivity (Wildman–Crippen MR) is 81.9 cm³/mol. The highest BCUT2D eigenvalue weighted by atomic mass is 16.5. The van der Waals surface area contributed by atoms with E-state index >= 15 is 0 Å². The Morgan fingerprint density at radius 1 is 1.19 bits per heavy atom. The molecule has 2 aromatic rings. The number of hydrogen-bond donors (Lipinski definition) is 1. The van der Waals surface area contributed by atoms with Gasteiger partial charge >= 0.3 is 0 Å². The van der Waals surface area contributed by atoms with Crippen LogP contribution in [0.4, 0.5) is 0 Å². The molecule has 0 radical (unpaired) electrons. The third-order valence-corrected chi connectivity index (χ3v) is 3.36. The number of rotatable bonds is 6. The van der Waals surface area contributed by atoms with Gasteiger partial charge in [0.05, 0.1) is 13.2 Å². The van der Waals surface area contributed by atoms with Gasteiger partial charge in [0.15, 0.2) is 0 Å². The quantitative estimate of drug-likeness (QED) is 0.887. The van der Waals surface area contributed by atoms with Crippen molar-refractivity contribution in [3.8, 4) is 11.5 Å². The van der Waals surface area contributed by atoms with Gasteiger partial charge in [0.25, 0.3) is 0 Å². The average Bonchev–Trinajstić information content (AvgIpc) is 2.50. The summed E-state index contributed by atoms with van der Waals surface area (Å²) in [4.78, 5) is 4.39. The van der Waals surface area contributed by atoms with Crippen LogP contribution in [0.25, 0.3) is 0 Å². The van der Waals surface area contributed by atoms with E-state index in [2.05, 4.69) is 4.98 Å². The van der Waals surface area contributed by atoms with Crippen LogP contribution in [-0.2, 0) is 6.42 Å². The maximum atomic E-state index is 10.1. The Balaban J connectivity index is 1.98. The van der Waals surface area contributed by atoms with Crippen LogP contribution in [0.3, 0.4) is 0 Å². The van der Waals surface area contributed by atoms with E-state index in [4.69, 9.17) is 9.47 Å². The van der Waals surface area contributed by atoms with Gasteiger partial charge in [-0.3, -0.25) is 4.98 Å². The lowest BCUT2D eigenvalue weighted by molar-refractivity contribution is 0.106. The van der Waals surface area contributed by atoms with E-state index in [9.17, 15) is 5.11 Å². The number of aliphatic hydroxyl groups excluding tert-OH is 1. The van der Waals surface area contributed by atoms with Crippen molar-refractivity contribution in [2.45, 2.75) is 26.4 Å². The highest BCUT2D eigenvalue weighted by Crippen LogP contribution is 2.24. The standard InChI is InChI=1S/C17H21NO3/c1-12-10-18-16(13(2)17(12)20-3)9-14(19)11-21-15-7-5-4-6-8-15/h4-8,10,14,19H,9,11H2,1-3H3. The largest absolute Gasteiger partial charge is 0.496 e. The molecule has 2 rings (SSSR count). The molecule has 1 aromatic heterocycles. The molecule has 0 fully saturated rings. The second-order valence-electron chi connectivity index (χ2n) is 5.03. The number of para-hydroxylation sites is 1. The number of methoxy groups -OCH3 is 1. The lowest BCUT2D eigenvalue weighted by Crippen LogP contribution is -2.21. The molecular formula is C17H21NO3. The Bertz CT molecular complexity index is 584. The van der Waals surface area contributed by atoms with E-state index in [0.717, 1.165) is 28.3 Å². The minimum absolute atomic E-state index is 0.237. The Labute approximate surface area is 125 Å². The van der Waals surface area contributed by atoms with Crippen LogP contribution >= 0.6 is 0 Å². The molecule has 0 spiro atoms. The van der Waals surface area contributed by atoms with Crippen LogP contribution in [0.2, 0.25) is 0 Å². The molecule has 1 N–H and O–H groups in total. The summed E-state index contributed by atoms with van der Waals surface area (Å²) in [7, 11) is 1.65. The normalized spacial score (nSPS) is 12.0. The van der Waals surface area contributed by atoms with Crippen molar-refractivity contribution in [2.24, 2.45) is 0 Å². The summed E-state index contributed by atoms with van der Waals surface area (Å²) in [5.41, 5.74) is 2.80. The Hall–Kier alpha value is -2.07. The topological polar surface area (TPSA) is 51.6 Å². The van der Waals surface area contributed by atoms with E-state index in [0.29, 0.717) is 6.42 Å². The molecule has 0 amide bonds. The first-order chi connectivity index (χ1) is 10.1. The number of aliphatic hydroxyl groups is 1. The fourth-order valence-electron chi connectivity index (χ4n) is 2.27. The fraction of sp³-hybridized carbons (Fsp3) is 0.353. The smallest absolute Gasteiger partial charge is 0.128 e. The van der Waals surface area contributed by atoms with Crippen LogP contribution in [-0.4, -0.2) is 29.9 Å². The number of ether oxygens (including phenoxy) is 2. The zero-order valence-electron chi connectivity index (χ0n) is 12.7. The summed E-state index contributed by atoms with van der Waals surface area (Å²) < 4.78 is 10.9. The van der Waals surface area contributed by atoms with Crippen molar-refractivity contribution in [1.82, 2.24) is 4.98 Å². The lowest BCUT2D eigenvalue weighted by Gasteiger charge is -2.15. The summed E-state index contributed by atoms with van der Waals surface area (Å²) >= 11 is 0. The van der Waals surface area contributed by atoms with Crippen molar-refractivity contribution < 1.29 is 14.6 Å². The summed E-state index contributed by atoms with van der Waals surface area (Å²) in [6.07, 6.45) is 1.60. The molecule has 4 nitrogen and oxygen atoms in total. The maximum absolute atomic E-state index is 10.1. The maximum Gasteiger partial charge on any atom is 0.128 e. The van der Waals surface area contributed by atoms with Gasteiger partial charge in [-0.2, -0.15) is 0 Å². The van der Waals surface area contributed by atoms with Crippen molar-refractivity contribution in [3.05, 3.63) is 53.3 Å². The van der Waals surface area contributed by atoms with Crippen LogP contribution in [0, 0.1) is 13.8 Å². The fourth-order valence-corrected chi connectivity index (χ4v) is 2.27. The minimum Gasteiger partial charge on any atom is -0.496 e. The molecule has 1 aromatic carbocycles. The van der Waals surface area contributed by atoms with Gasteiger partial charge in [-0.05, 0) is 26.0 Å². The molecule has 0 saturated carbocycles. The molecule has 0 aliphatic rings. The monoisotopic (exact) mass is 287 g/mol. The molecule has 0 aliphatic heterocycles. The molecule has 21 heavy (non-hydrogen) atoms. The number of aryl methyl sites for hydroxylation is 1. The molecule has 112 valence electrons. The van der Waals surface area contributed by atoms with Crippen molar-refractivity contribution in [1.29, 1.82) is 0 Å². The second kappa shape index (κ2) is 7.09. The van der Waals surface area contributed by atoms with Crippen LogP contribution in [0.1, 0.15) is 16.8 Å². The van der Waals surface area contributed by atoms with E-state index in [1.165, 1.54) is 0 Å². The SMILES string of the molecule is COc1c(C)cnc(CC(O)COc2ccccc2)c1C. The van der Waals surface area contributed by atoms with Crippen LogP contribution in [0.15, 0.2) is 36.5 Å². The van der Waals surface area contributed by atoms with Gasteiger partial charge in [0, 0.05) is 29.4 Å². The average molecular weight is 287 g/mol. The number of pyridine rings is 1. The Kier molecular flexibility index (Phi) is 5.17. The first kappa shape index (κ1) is 15.3. The molecule has 0 bridgehead atoms. The van der Waals surface area contributed by atoms with Crippen LogP contribution in [0.5, 0.6) is 11.5 Å².